The summed E-state index contributed by atoms with van der Waals surface area (Å²) in [6.07, 6.45) is 0. The number of hydrogen-bond acceptors (Lipinski definition) is 0. The number of benzene rings is 5. The molecule has 0 aliphatic rings. The minimum Gasteiger partial charge on any atom is -0.309 e. The Morgan fingerprint density at radius 1 is 0.474 bits per heavy atom. The van der Waals surface area contributed by atoms with Crippen LogP contribution in [0.1, 0.15) is 33.4 Å². The molecule has 0 aliphatic heterocycles. The van der Waals surface area contributed by atoms with Crippen LogP contribution in [-0.4, -0.2) is 11.3 Å². The summed E-state index contributed by atoms with van der Waals surface area (Å²) in [7, 11) is 0. The first-order chi connectivity index (χ1) is 18.3. The second kappa shape index (κ2) is 9.37. The first-order valence-electron chi connectivity index (χ1n) is 13.6. The number of rotatable bonds is 4. The molecule has 6 rings (SSSR count). The zero-order valence-corrected chi connectivity index (χ0v) is 23.3. The zero-order valence-electron chi connectivity index (χ0n) is 23.3. The average molecular weight is 491 g/mol. The molecular formula is C36H34BN. The van der Waals surface area contributed by atoms with E-state index in [9.17, 15) is 0 Å². The topological polar surface area (TPSA) is 4.93 Å². The summed E-state index contributed by atoms with van der Waals surface area (Å²) in [6.45, 7) is 13.7. The van der Waals surface area contributed by atoms with Crippen LogP contribution < -0.4 is 16.4 Å². The second-order valence-electron chi connectivity index (χ2n) is 11.0. The van der Waals surface area contributed by atoms with Crippen molar-refractivity contribution in [1.29, 1.82) is 0 Å². The van der Waals surface area contributed by atoms with E-state index in [0.717, 1.165) is 0 Å². The van der Waals surface area contributed by atoms with Gasteiger partial charge in [0.2, 0.25) is 6.71 Å². The molecule has 38 heavy (non-hydrogen) atoms. The van der Waals surface area contributed by atoms with E-state index in [4.69, 9.17) is 0 Å². The highest BCUT2D eigenvalue weighted by atomic mass is 15.0. The number of para-hydroxylation sites is 2. The normalized spacial score (nSPS) is 11.4. The molecule has 0 spiro atoms. The molecule has 1 heterocycles. The third kappa shape index (κ3) is 3.96. The standard InChI is InChI=1S/C36H34BN/c1-23-18-25(3)35(26(4)19-23)37(36-27(5)20-24(2)21-28(36)6)29-12-11-13-30(22-29)38-33-16-9-7-14-31(33)32-15-8-10-17-34(32)38/h7-22H,1-6H3. The summed E-state index contributed by atoms with van der Waals surface area (Å²) in [6, 6.07) is 36.1. The maximum absolute atomic E-state index is 2.43. The number of aryl methyl sites for hydroxylation is 6. The fourth-order valence-electron chi connectivity index (χ4n) is 6.81. The van der Waals surface area contributed by atoms with E-state index < -0.39 is 0 Å². The Morgan fingerprint density at radius 2 is 0.921 bits per heavy atom. The fraction of sp³-hybridized carbons (Fsp3) is 0.167. The van der Waals surface area contributed by atoms with Gasteiger partial charge in [0.15, 0.2) is 0 Å². The Kier molecular flexibility index (Phi) is 5.99. The Hall–Kier alpha value is -4.04. The van der Waals surface area contributed by atoms with Crippen LogP contribution in [0, 0.1) is 41.5 Å². The molecule has 0 N–H and O–H groups in total. The van der Waals surface area contributed by atoms with Gasteiger partial charge in [0.25, 0.3) is 0 Å². The Morgan fingerprint density at radius 3 is 1.39 bits per heavy atom. The molecule has 2 heteroatoms. The van der Waals surface area contributed by atoms with Gasteiger partial charge < -0.3 is 4.57 Å². The zero-order chi connectivity index (χ0) is 26.6. The lowest BCUT2D eigenvalue weighted by Gasteiger charge is -2.25. The lowest BCUT2D eigenvalue weighted by atomic mass is 9.34. The van der Waals surface area contributed by atoms with Gasteiger partial charge in [-0.15, -0.1) is 0 Å². The van der Waals surface area contributed by atoms with Gasteiger partial charge in [0.05, 0.1) is 11.0 Å². The fourth-order valence-corrected chi connectivity index (χ4v) is 6.81. The van der Waals surface area contributed by atoms with Crippen molar-refractivity contribution in [2.75, 3.05) is 0 Å². The predicted molar refractivity (Wildman–Crippen MR) is 167 cm³/mol. The van der Waals surface area contributed by atoms with Crippen LogP contribution in [-0.2, 0) is 0 Å². The van der Waals surface area contributed by atoms with Gasteiger partial charge in [0.1, 0.15) is 0 Å². The Balaban J connectivity index is 1.65. The number of nitrogens with zero attached hydrogens (tertiary/aromatic N) is 1. The molecule has 1 nitrogen and oxygen atoms in total. The highest BCUT2D eigenvalue weighted by Crippen LogP contribution is 2.31. The van der Waals surface area contributed by atoms with Crippen molar-refractivity contribution in [2.24, 2.45) is 0 Å². The van der Waals surface area contributed by atoms with Crippen LogP contribution in [0.5, 0.6) is 0 Å². The summed E-state index contributed by atoms with van der Waals surface area (Å²) >= 11 is 0. The summed E-state index contributed by atoms with van der Waals surface area (Å²) in [4.78, 5) is 0. The molecule has 0 fully saturated rings. The van der Waals surface area contributed by atoms with Gasteiger partial charge in [-0.3, -0.25) is 0 Å². The number of aromatic nitrogens is 1. The van der Waals surface area contributed by atoms with Crippen molar-refractivity contribution in [3.63, 3.8) is 0 Å². The van der Waals surface area contributed by atoms with Crippen molar-refractivity contribution in [3.8, 4) is 5.69 Å². The number of hydrogen-bond donors (Lipinski definition) is 0. The molecule has 0 saturated carbocycles. The van der Waals surface area contributed by atoms with Crippen LogP contribution in [0.4, 0.5) is 0 Å². The van der Waals surface area contributed by atoms with E-state index in [-0.39, 0.29) is 6.71 Å². The maximum atomic E-state index is 2.43. The van der Waals surface area contributed by atoms with Crippen molar-refractivity contribution in [1.82, 2.24) is 4.57 Å². The molecule has 0 unspecified atom stereocenters. The average Bonchev–Trinajstić information content (AvgIpc) is 3.21. The van der Waals surface area contributed by atoms with Crippen LogP contribution in [0.2, 0.25) is 0 Å². The maximum Gasteiger partial charge on any atom is 0.242 e. The second-order valence-corrected chi connectivity index (χ2v) is 11.0. The van der Waals surface area contributed by atoms with Crippen molar-refractivity contribution < 1.29 is 0 Å². The molecule has 1 aromatic heterocycles. The lowest BCUT2D eigenvalue weighted by Crippen LogP contribution is -2.55. The molecular weight excluding hydrogens is 457 g/mol. The monoisotopic (exact) mass is 491 g/mol. The van der Waals surface area contributed by atoms with Gasteiger partial charge in [-0.05, 0) is 65.8 Å². The van der Waals surface area contributed by atoms with E-state index in [2.05, 4.69) is 143 Å². The molecule has 6 aromatic rings. The van der Waals surface area contributed by atoms with Gasteiger partial charge in [-0.1, -0.05) is 123 Å². The SMILES string of the molecule is Cc1cc(C)c(B(c2cccc(-n3c4ccccc4c4ccccc43)c2)c2c(C)cc(C)cc2C)c(C)c1. The third-order valence-electron chi connectivity index (χ3n) is 8.10. The van der Waals surface area contributed by atoms with Crippen LogP contribution in [0.25, 0.3) is 27.5 Å². The molecule has 0 atom stereocenters. The predicted octanol–water partition coefficient (Wildman–Crippen LogP) is 7.15. The van der Waals surface area contributed by atoms with E-state index in [1.165, 1.54) is 77.3 Å². The highest BCUT2D eigenvalue weighted by molar-refractivity contribution is 6.96. The lowest BCUT2D eigenvalue weighted by molar-refractivity contribution is 1.18. The molecule has 0 amide bonds. The van der Waals surface area contributed by atoms with Gasteiger partial charge in [-0.2, -0.15) is 0 Å². The van der Waals surface area contributed by atoms with Crippen LogP contribution >= 0.6 is 0 Å². The smallest absolute Gasteiger partial charge is 0.242 e. The van der Waals surface area contributed by atoms with Gasteiger partial charge in [0, 0.05) is 16.5 Å². The Bertz CT molecular complexity index is 1680. The first kappa shape index (κ1) is 24.3. The molecule has 0 radical (unpaired) electrons. The molecule has 5 aromatic carbocycles. The summed E-state index contributed by atoms with van der Waals surface area (Å²) in [5.41, 5.74) is 15.9. The van der Waals surface area contributed by atoms with E-state index in [1.807, 2.05) is 0 Å². The van der Waals surface area contributed by atoms with Crippen molar-refractivity contribution in [2.45, 2.75) is 41.5 Å². The van der Waals surface area contributed by atoms with Crippen molar-refractivity contribution >= 4 is 44.9 Å². The van der Waals surface area contributed by atoms with Gasteiger partial charge >= 0.3 is 0 Å². The van der Waals surface area contributed by atoms with Crippen LogP contribution in [0.15, 0.2) is 97.1 Å². The summed E-state index contributed by atoms with van der Waals surface area (Å²) < 4.78 is 2.43. The van der Waals surface area contributed by atoms with E-state index in [0.29, 0.717) is 0 Å². The summed E-state index contributed by atoms with van der Waals surface area (Å²) in [5.74, 6) is 0. The first-order valence-corrected chi connectivity index (χ1v) is 13.6. The van der Waals surface area contributed by atoms with E-state index in [1.54, 1.807) is 0 Å². The third-order valence-corrected chi connectivity index (χ3v) is 8.10. The number of fused-ring (bicyclic) bond motifs is 3. The molecule has 0 saturated heterocycles. The Labute approximate surface area is 226 Å². The quantitative estimate of drug-likeness (QED) is 0.231. The largest absolute Gasteiger partial charge is 0.309 e. The highest BCUT2D eigenvalue weighted by Gasteiger charge is 2.28. The van der Waals surface area contributed by atoms with Gasteiger partial charge in [-0.25, -0.2) is 0 Å². The minimum absolute atomic E-state index is 0.157. The van der Waals surface area contributed by atoms with Crippen molar-refractivity contribution in [3.05, 3.63) is 130 Å². The molecule has 0 bridgehead atoms. The molecule has 0 aliphatic carbocycles. The van der Waals surface area contributed by atoms with Crippen LogP contribution in [0.3, 0.4) is 0 Å². The molecule has 186 valence electrons. The van der Waals surface area contributed by atoms with E-state index >= 15 is 0 Å². The minimum atomic E-state index is 0.157. The summed E-state index contributed by atoms with van der Waals surface area (Å²) in [5, 5.41) is 2.58.